The quantitative estimate of drug-likeness (QED) is 0.511. The first-order valence-electron chi connectivity index (χ1n) is 2.71. The lowest BCUT2D eigenvalue weighted by Crippen LogP contribution is -2.58. The van der Waals surface area contributed by atoms with Gasteiger partial charge in [0.2, 0.25) is 0 Å². The van der Waals surface area contributed by atoms with E-state index in [1.807, 2.05) is 0 Å². The van der Waals surface area contributed by atoms with E-state index in [1.165, 1.54) is 0 Å². The van der Waals surface area contributed by atoms with Crippen LogP contribution in [0, 0.1) is 0 Å². The van der Waals surface area contributed by atoms with Gasteiger partial charge in [0.25, 0.3) is 0 Å². The summed E-state index contributed by atoms with van der Waals surface area (Å²) in [6.45, 7) is 0. The van der Waals surface area contributed by atoms with Gasteiger partial charge in [-0.05, 0) is 12.8 Å². The van der Waals surface area contributed by atoms with Gasteiger partial charge >= 0.3 is 5.97 Å². The minimum atomic E-state index is -0.897. The number of carboxylic acid groups (broad SMARTS) is 1. The third-order valence-electron chi connectivity index (χ3n) is 1.60. The summed E-state index contributed by atoms with van der Waals surface area (Å²) in [5.41, 5.74) is 4.53. The Hall–Kier alpha value is 0.160. The lowest BCUT2D eigenvalue weighted by Gasteiger charge is -2.37. The summed E-state index contributed by atoms with van der Waals surface area (Å²) in [6.07, 6.45) is 1.23. The van der Waals surface area contributed by atoms with Gasteiger partial charge in [0.1, 0.15) is 5.54 Å². The number of hydrogen-bond donors (Lipinski definition) is 2. The van der Waals surface area contributed by atoms with Gasteiger partial charge < -0.3 is 10.8 Å². The summed E-state index contributed by atoms with van der Waals surface area (Å²) in [5, 5.41) is 8.48. The summed E-state index contributed by atoms with van der Waals surface area (Å²) in [6, 6.07) is 0. The van der Waals surface area contributed by atoms with E-state index in [-0.39, 0.29) is 0 Å². The summed E-state index contributed by atoms with van der Waals surface area (Å²) in [7, 11) is 0. The molecular formula is C5H8INO2. The molecule has 1 rings (SSSR count). The number of halogens is 1. The van der Waals surface area contributed by atoms with Crippen molar-refractivity contribution in [1.29, 1.82) is 0 Å². The summed E-state index contributed by atoms with van der Waals surface area (Å²) >= 11 is 2.21. The van der Waals surface area contributed by atoms with Gasteiger partial charge in [-0.25, -0.2) is 0 Å². The van der Waals surface area contributed by atoms with Crippen molar-refractivity contribution >= 4 is 28.6 Å². The van der Waals surface area contributed by atoms with E-state index in [9.17, 15) is 4.79 Å². The zero-order valence-electron chi connectivity index (χ0n) is 4.80. The number of hydrogen-bond acceptors (Lipinski definition) is 2. The van der Waals surface area contributed by atoms with Crippen LogP contribution in [0.5, 0.6) is 0 Å². The molecule has 0 bridgehead atoms. The topological polar surface area (TPSA) is 63.3 Å². The molecule has 1 fully saturated rings. The lowest BCUT2D eigenvalue weighted by molar-refractivity contribution is -0.146. The standard InChI is InChI=1S/C5H8INO2/c6-3-1-5(7,2-3)4(8)9/h3H,1-2,7H2,(H,8,9)/i6-4. The molecular weight excluding hydrogens is 229 g/mol. The fourth-order valence-corrected chi connectivity index (χ4v) is 2.48. The number of carbonyl (C=O) groups is 1. The van der Waals surface area contributed by atoms with Gasteiger partial charge in [0.05, 0.1) is 0 Å². The second-order valence-corrected chi connectivity index (χ2v) is 4.23. The average molecular weight is 237 g/mol. The number of carboxylic acids is 1. The Morgan fingerprint density at radius 3 is 2.33 bits per heavy atom. The first-order chi connectivity index (χ1) is 4.04. The summed E-state index contributed by atoms with van der Waals surface area (Å²) in [5.74, 6) is -0.865. The largest absolute Gasteiger partial charge is 0.480 e. The van der Waals surface area contributed by atoms with E-state index in [0.717, 1.165) is 0 Å². The molecule has 0 amide bonds. The number of alkyl halides is 1. The molecule has 0 saturated heterocycles. The van der Waals surface area contributed by atoms with Crippen molar-refractivity contribution in [3.63, 3.8) is 0 Å². The van der Waals surface area contributed by atoms with Crippen molar-refractivity contribution < 1.29 is 9.90 Å². The van der Waals surface area contributed by atoms with E-state index in [2.05, 4.69) is 22.6 Å². The molecule has 9 heavy (non-hydrogen) atoms. The Kier molecular flexibility index (Phi) is 1.69. The summed E-state index contributed by atoms with van der Waals surface area (Å²) < 4.78 is 0.462. The third-order valence-corrected chi connectivity index (χ3v) is 2.48. The normalized spacial score (nSPS) is 41.8. The minimum absolute atomic E-state index is 0.462. The zero-order valence-corrected chi connectivity index (χ0v) is 6.96. The van der Waals surface area contributed by atoms with Crippen LogP contribution in [0.4, 0.5) is 0 Å². The molecule has 4 heteroatoms. The van der Waals surface area contributed by atoms with E-state index >= 15 is 0 Å². The zero-order chi connectivity index (χ0) is 7.07. The highest BCUT2D eigenvalue weighted by atomic mass is 123. The number of aliphatic carboxylic acids is 1. The highest BCUT2D eigenvalue weighted by molar-refractivity contribution is 14.1. The first-order valence-corrected chi connectivity index (χ1v) is 3.95. The van der Waals surface area contributed by atoms with Gasteiger partial charge in [0.15, 0.2) is 0 Å². The molecule has 1 aliphatic carbocycles. The molecule has 0 atom stereocenters. The molecule has 0 radical (unpaired) electrons. The van der Waals surface area contributed by atoms with Crippen LogP contribution in [0.2, 0.25) is 0 Å². The maximum atomic E-state index is 10.3. The van der Waals surface area contributed by atoms with E-state index in [0.29, 0.717) is 16.8 Å². The van der Waals surface area contributed by atoms with Crippen LogP contribution in [-0.2, 0) is 4.79 Å². The molecule has 0 heterocycles. The maximum Gasteiger partial charge on any atom is 0.323 e. The number of rotatable bonds is 1. The molecule has 0 aliphatic heterocycles. The van der Waals surface area contributed by atoms with Crippen LogP contribution in [0.25, 0.3) is 0 Å². The van der Waals surface area contributed by atoms with Crippen molar-refractivity contribution in [2.24, 2.45) is 5.73 Å². The van der Waals surface area contributed by atoms with Crippen molar-refractivity contribution in [3.8, 4) is 0 Å². The molecule has 0 aromatic heterocycles. The van der Waals surface area contributed by atoms with E-state index in [4.69, 9.17) is 10.8 Å². The molecule has 0 spiro atoms. The average Bonchev–Trinajstić information content (AvgIpc) is 1.62. The molecule has 0 aromatic rings. The highest BCUT2D eigenvalue weighted by Gasteiger charge is 2.45. The van der Waals surface area contributed by atoms with Gasteiger partial charge in [-0.1, -0.05) is 22.6 Å². The Balaban J connectivity index is 2.50. The van der Waals surface area contributed by atoms with Crippen LogP contribution in [0.3, 0.4) is 0 Å². The second-order valence-electron chi connectivity index (χ2n) is 2.47. The molecule has 3 N–H and O–H groups in total. The third kappa shape index (κ3) is 1.19. The fraction of sp³-hybridized carbons (Fsp3) is 0.800. The highest BCUT2D eigenvalue weighted by Crippen LogP contribution is 2.35. The minimum Gasteiger partial charge on any atom is -0.480 e. The van der Waals surface area contributed by atoms with Crippen molar-refractivity contribution in [2.75, 3.05) is 0 Å². The van der Waals surface area contributed by atoms with Crippen LogP contribution < -0.4 is 5.73 Å². The first kappa shape index (κ1) is 7.27. The van der Waals surface area contributed by atoms with Crippen LogP contribution >= 0.6 is 22.6 Å². The SMILES string of the molecule is NC1(C(=O)O)CC([123I])C1. The van der Waals surface area contributed by atoms with E-state index in [1.54, 1.807) is 0 Å². The Morgan fingerprint density at radius 2 is 2.22 bits per heavy atom. The molecule has 0 aromatic carbocycles. The van der Waals surface area contributed by atoms with Gasteiger partial charge in [-0.15, -0.1) is 0 Å². The van der Waals surface area contributed by atoms with Gasteiger partial charge in [-0.2, -0.15) is 0 Å². The van der Waals surface area contributed by atoms with Crippen LogP contribution in [-0.4, -0.2) is 20.5 Å². The maximum absolute atomic E-state index is 10.3. The predicted octanol–water partition coefficient (Wildman–Crippen LogP) is 0.366. The van der Waals surface area contributed by atoms with Crippen molar-refractivity contribution in [2.45, 2.75) is 22.3 Å². The predicted molar refractivity (Wildman–Crippen MR) is 41.6 cm³/mol. The lowest BCUT2D eigenvalue weighted by atomic mass is 9.78. The fourth-order valence-electron chi connectivity index (χ4n) is 0.905. The molecule has 52 valence electrons. The monoisotopic (exact) mass is 237 g/mol. The second kappa shape index (κ2) is 2.09. The van der Waals surface area contributed by atoms with Crippen LogP contribution in [0.15, 0.2) is 0 Å². The molecule has 1 aliphatic rings. The van der Waals surface area contributed by atoms with E-state index < -0.39 is 11.5 Å². The molecule has 1 saturated carbocycles. The van der Waals surface area contributed by atoms with Crippen molar-refractivity contribution in [1.82, 2.24) is 0 Å². The number of nitrogens with two attached hydrogens (primary N) is 1. The Morgan fingerprint density at radius 1 is 1.78 bits per heavy atom. The summed E-state index contributed by atoms with van der Waals surface area (Å²) in [4.78, 5) is 10.3. The smallest absolute Gasteiger partial charge is 0.323 e. The van der Waals surface area contributed by atoms with Gasteiger partial charge in [-0.3, -0.25) is 4.79 Å². The molecule has 0 unspecified atom stereocenters. The van der Waals surface area contributed by atoms with Crippen LogP contribution in [0.1, 0.15) is 12.8 Å². The Labute approximate surface area is 66.8 Å². The van der Waals surface area contributed by atoms with Gasteiger partial charge in [0, 0.05) is 3.92 Å². The molecule has 3 nitrogen and oxygen atoms in total. The van der Waals surface area contributed by atoms with Crippen molar-refractivity contribution in [3.05, 3.63) is 0 Å². The Bertz CT molecular complexity index is 142.